The molecule has 11 nitrogen and oxygen atoms in total. The average molecular weight is 568 g/mol. The number of rotatable bonds is 4. The van der Waals surface area contributed by atoms with Crippen LogP contribution in [0.2, 0.25) is 0 Å². The number of halogens is 2. The first-order valence-corrected chi connectivity index (χ1v) is 11.9. The molecule has 0 unspecified atom stereocenters. The highest BCUT2D eigenvalue weighted by Crippen LogP contribution is 2.53. The maximum absolute atomic E-state index is 15.1. The van der Waals surface area contributed by atoms with Crippen molar-refractivity contribution in [3.05, 3.63) is 45.7 Å². The largest absolute Gasteiger partial charge is 0.510 e. The first-order chi connectivity index (χ1) is 16.8. The molecule has 2 amide bonds. The zero-order valence-corrected chi connectivity index (χ0v) is 20.7. The lowest BCUT2D eigenvalue weighted by molar-refractivity contribution is -0.148. The number of anilines is 1. The second-order valence-corrected chi connectivity index (χ2v) is 9.81. The molecule has 1 aromatic carbocycles. The number of fused-ring (bicyclic) bond motifs is 3. The number of nitrogens with zero attached hydrogens (tertiary/aromatic N) is 1. The van der Waals surface area contributed by atoms with Crippen LogP contribution in [0.1, 0.15) is 22.3 Å². The zero-order valence-electron chi connectivity index (χ0n) is 19.1. The van der Waals surface area contributed by atoms with E-state index in [0.717, 1.165) is 6.07 Å². The number of allylic oxidation sites excluding steroid dienone is 1. The van der Waals surface area contributed by atoms with Crippen LogP contribution < -0.4 is 11.1 Å². The number of phenols is 1. The minimum Gasteiger partial charge on any atom is -0.510 e. The van der Waals surface area contributed by atoms with Gasteiger partial charge in [0, 0.05) is 23.1 Å². The van der Waals surface area contributed by atoms with E-state index in [1.54, 1.807) is 0 Å². The number of benzene rings is 1. The Labute approximate surface area is 212 Å². The minimum atomic E-state index is -2.79. The van der Waals surface area contributed by atoms with Gasteiger partial charge in [0.15, 0.2) is 17.1 Å². The van der Waals surface area contributed by atoms with E-state index in [1.807, 2.05) is 0 Å². The lowest BCUT2D eigenvalue weighted by atomic mass is 9.58. The third kappa shape index (κ3) is 3.44. The normalized spacial score (nSPS) is 27.6. The predicted molar refractivity (Wildman–Crippen MR) is 126 cm³/mol. The van der Waals surface area contributed by atoms with Crippen LogP contribution in [0, 0.1) is 17.7 Å². The summed E-state index contributed by atoms with van der Waals surface area (Å²) in [4.78, 5) is 51.9. The molecule has 0 fully saturated rings. The van der Waals surface area contributed by atoms with Gasteiger partial charge in [-0.2, -0.15) is 0 Å². The summed E-state index contributed by atoms with van der Waals surface area (Å²) in [6.07, 6.45) is -0.353. The van der Waals surface area contributed by atoms with Gasteiger partial charge in [0.2, 0.25) is 11.7 Å². The van der Waals surface area contributed by atoms with Gasteiger partial charge in [0.1, 0.15) is 22.9 Å². The number of carbonyl (C=O) groups is 4. The third-order valence-electron chi connectivity index (χ3n) is 7.06. The Morgan fingerprint density at radius 1 is 1.28 bits per heavy atom. The third-order valence-corrected chi connectivity index (χ3v) is 7.57. The smallest absolute Gasteiger partial charge is 0.255 e. The summed E-state index contributed by atoms with van der Waals surface area (Å²) in [6.45, 7) is 0. The Morgan fingerprint density at radius 2 is 1.92 bits per heavy atom. The van der Waals surface area contributed by atoms with E-state index in [0.29, 0.717) is 0 Å². The lowest BCUT2D eigenvalue weighted by Gasteiger charge is -2.50. The molecule has 0 bridgehead atoms. The summed E-state index contributed by atoms with van der Waals surface area (Å²) in [5, 5.41) is 46.2. The molecule has 0 radical (unpaired) electrons. The van der Waals surface area contributed by atoms with Gasteiger partial charge in [-0.1, -0.05) is 15.9 Å². The van der Waals surface area contributed by atoms with Crippen LogP contribution >= 0.6 is 15.9 Å². The van der Waals surface area contributed by atoms with Crippen LogP contribution in [0.5, 0.6) is 5.75 Å². The number of amides is 2. The van der Waals surface area contributed by atoms with E-state index in [-0.39, 0.29) is 29.4 Å². The summed E-state index contributed by atoms with van der Waals surface area (Å²) < 4.78 is 15.1. The quantitative estimate of drug-likeness (QED) is 0.172. The van der Waals surface area contributed by atoms with Crippen molar-refractivity contribution >= 4 is 45.0 Å². The molecule has 0 saturated carbocycles. The van der Waals surface area contributed by atoms with E-state index < -0.39 is 86.7 Å². The number of phenolic OH excluding ortho intramolecular Hbond substituents is 1. The number of hydrogen-bond acceptors (Lipinski definition) is 9. The standard InChI is InChI=1S/C23H23BrFN3O8/c1-28(2)16-9-4-7-3-8-10(25)5-11(27-12(29)6-24)17(30)14(8)18(31)13(7)20(33)23(9,36)21(34)15(19(16)32)22(26)35/h5,7,9,16,30,32-33,36H,3-4,6H2,1-2H3,(H2,26,35)(H,27,29)/t7-,9-,16-,23-/m0/s1. The molecule has 4 rings (SSSR count). The van der Waals surface area contributed by atoms with E-state index >= 15 is 4.39 Å². The van der Waals surface area contributed by atoms with Crippen LogP contribution in [0.3, 0.4) is 0 Å². The molecular weight excluding hydrogens is 545 g/mol. The fourth-order valence-corrected chi connectivity index (χ4v) is 5.69. The minimum absolute atomic E-state index is 0.159. The van der Waals surface area contributed by atoms with Crippen molar-refractivity contribution in [1.82, 2.24) is 4.90 Å². The van der Waals surface area contributed by atoms with E-state index in [2.05, 4.69) is 21.2 Å². The number of primary amides is 1. The number of alkyl halides is 1. The molecule has 0 aliphatic heterocycles. The lowest BCUT2D eigenvalue weighted by Crippen LogP contribution is -2.63. The van der Waals surface area contributed by atoms with Crippen LogP contribution in [-0.2, 0) is 20.8 Å². The monoisotopic (exact) mass is 567 g/mol. The van der Waals surface area contributed by atoms with E-state index in [4.69, 9.17) is 5.73 Å². The van der Waals surface area contributed by atoms with Crippen LogP contribution in [-0.4, -0.2) is 79.8 Å². The number of hydrogen-bond donors (Lipinski definition) is 6. The highest BCUT2D eigenvalue weighted by Gasteiger charge is 2.63. The highest BCUT2D eigenvalue weighted by molar-refractivity contribution is 9.09. The molecule has 36 heavy (non-hydrogen) atoms. The number of aliphatic hydroxyl groups is 3. The molecule has 3 aliphatic carbocycles. The Morgan fingerprint density at radius 3 is 2.47 bits per heavy atom. The van der Waals surface area contributed by atoms with Gasteiger partial charge < -0.3 is 31.5 Å². The molecule has 13 heteroatoms. The summed E-state index contributed by atoms with van der Waals surface area (Å²) in [7, 11) is 3.02. The number of aromatic hydroxyl groups is 1. The van der Waals surface area contributed by atoms with Crippen molar-refractivity contribution in [2.75, 3.05) is 24.7 Å². The van der Waals surface area contributed by atoms with Crippen LogP contribution in [0.15, 0.2) is 28.7 Å². The number of likely N-dealkylation sites (N-methyl/N-ethyl adjacent to an activating group) is 1. The van der Waals surface area contributed by atoms with Crippen molar-refractivity contribution < 1.29 is 44.0 Å². The van der Waals surface area contributed by atoms with E-state index in [9.17, 15) is 39.6 Å². The SMILES string of the molecule is CN(C)[C@@H]1C(O)=C(C(N)=O)C(=O)[C@@]2(O)C(O)=C3C(=O)c4c(O)c(NC(=O)CBr)cc(F)c4C[C@H]3C[C@@H]12. The van der Waals surface area contributed by atoms with Crippen molar-refractivity contribution in [1.29, 1.82) is 0 Å². The molecular formula is C23H23BrFN3O8. The van der Waals surface area contributed by atoms with Crippen molar-refractivity contribution in [2.45, 2.75) is 24.5 Å². The fraction of sp³-hybridized carbons (Fsp3) is 0.391. The molecule has 7 N–H and O–H groups in total. The summed E-state index contributed by atoms with van der Waals surface area (Å²) in [6, 6.07) is -0.272. The number of aliphatic hydroxyl groups excluding tert-OH is 2. The maximum atomic E-state index is 15.1. The Hall–Kier alpha value is -3.29. The number of carbonyl (C=O) groups excluding carboxylic acids is 4. The Balaban J connectivity index is 1.93. The van der Waals surface area contributed by atoms with Gasteiger partial charge in [-0.15, -0.1) is 0 Å². The molecule has 0 heterocycles. The molecule has 4 atom stereocenters. The number of ketones is 2. The topological polar surface area (TPSA) is 190 Å². The molecule has 192 valence electrons. The van der Waals surface area contributed by atoms with Crippen LogP contribution in [0.25, 0.3) is 0 Å². The van der Waals surface area contributed by atoms with Gasteiger partial charge in [0.25, 0.3) is 5.91 Å². The molecule has 0 saturated heterocycles. The summed E-state index contributed by atoms with van der Waals surface area (Å²) in [5.41, 5.74) is 0.0799. The highest BCUT2D eigenvalue weighted by atomic mass is 79.9. The van der Waals surface area contributed by atoms with Crippen molar-refractivity contribution in [3.63, 3.8) is 0 Å². The van der Waals surface area contributed by atoms with Gasteiger partial charge in [0.05, 0.1) is 22.6 Å². The van der Waals surface area contributed by atoms with Gasteiger partial charge in [-0.3, -0.25) is 24.1 Å². The number of nitrogens with one attached hydrogen (secondary N) is 1. The second-order valence-electron chi connectivity index (χ2n) is 9.25. The summed E-state index contributed by atoms with van der Waals surface area (Å²) in [5.74, 6) is -9.86. The zero-order chi connectivity index (χ0) is 26.9. The van der Waals surface area contributed by atoms with Crippen molar-refractivity contribution in [2.24, 2.45) is 17.6 Å². The first kappa shape index (κ1) is 25.8. The molecule has 0 spiro atoms. The van der Waals surface area contributed by atoms with Gasteiger partial charge in [-0.25, -0.2) is 4.39 Å². The first-order valence-electron chi connectivity index (χ1n) is 10.8. The van der Waals surface area contributed by atoms with Crippen molar-refractivity contribution in [3.8, 4) is 5.75 Å². The second kappa shape index (κ2) is 8.68. The van der Waals surface area contributed by atoms with Gasteiger partial charge in [-0.05, 0) is 32.9 Å². The Kier molecular flexibility index (Phi) is 6.22. The predicted octanol–water partition coefficient (Wildman–Crippen LogP) is 0.593. The fourth-order valence-electron chi connectivity index (χ4n) is 5.55. The Bertz CT molecular complexity index is 1310. The average Bonchev–Trinajstić information content (AvgIpc) is 2.79. The molecule has 3 aliphatic rings. The molecule has 0 aromatic heterocycles. The van der Waals surface area contributed by atoms with E-state index in [1.165, 1.54) is 19.0 Å². The molecule has 1 aromatic rings. The van der Waals surface area contributed by atoms with Gasteiger partial charge >= 0.3 is 0 Å². The maximum Gasteiger partial charge on any atom is 0.255 e. The van der Waals surface area contributed by atoms with Crippen LogP contribution in [0.4, 0.5) is 10.1 Å². The number of nitrogens with two attached hydrogens (primary N) is 1. The number of Topliss-reactive ketones (excluding diaryl/α,β-unsaturated/α-hetero) is 2. The summed E-state index contributed by atoms with van der Waals surface area (Å²) >= 11 is 2.92.